The lowest BCUT2D eigenvalue weighted by Gasteiger charge is -2.06. The molecule has 52 valence electrons. The fourth-order valence-electron chi connectivity index (χ4n) is 0.302. The molecule has 0 heterocycles. The van der Waals surface area contributed by atoms with Crippen molar-refractivity contribution in [1.29, 1.82) is 0 Å². The van der Waals surface area contributed by atoms with Gasteiger partial charge in [-0.15, -0.1) is 0 Å². The Morgan fingerprint density at radius 1 is 1.56 bits per heavy atom. The summed E-state index contributed by atoms with van der Waals surface area (Å²) in [6.45, 7) is 8.76. The lowest BCUT2D eigenvalue weighted by Crippen LogP contribution is -2.02. The number of hydrogen-bond donors (Lipinski definition) is 0. The van der Waals surface area contributed by atoms with Crippen LogP contribution in [-0.2, 0) is 9.53 Å². The first-order valence-corrected chi connectivity index (χ1v) is 2.91. The minimum absolute atomic E-state index is 0.217. The Bertz CT molecular complexity index is 125. The molecule has 0 unspecified atom stereocenters. The van der Waals surface area contributed by atoms with Gasteiger partial charge >= 0.3 is 5.97 Å². The standard InChI is InChI=1S/C7H12O2/c1-5(2)6(3)9-7(4)8/h5H,3H2,1-2,4H3. The van der Waals surface area contributed by atoms with Gasteiger partial charge in [0.15, 0.2) is 0 Å². The summed E-state index contributed by atoms with van der Waals surface area (Å²) in [5, 5.41) is 0. The second-order valence-corrected chi connectivity index (χ2v) is 2.21. The number of allylic oxidation sites excluding steroid dienone is 1. The van der Waals surface area contributed by atoms with E-state index in [4.69, 9.17) is 0 Å². The van der Waals surface area contributed by atoms with E-state index >= 15 is 0 Å². The highest BCUT2D eigenvalue weighted by Gasteiger charge is 2.02. The van der Waals surface area contributed by atoms with E-state index in [1.165, 1.54) is 6.92 Å². The molecule has 0 aromatic heterocycles. The quantitative estimate of drug-likeness (QED) is 0.418. The molecule has 0 aliphatic rings. The van der Waals surface area contributed by atoms with Gasteiger partial charge in [-0.2, -0.15) is 0 Å². The molecular weight excluding hydrogens is 116 g/mol. The van der Waals surface area contributed by atoms with Crippen LogP contribution in [0.5, 0.6) is 0 Å². The first-order valence-electron chi connectivity index (χ1n) is 2.91. The van der Waals surface area contributed by atoms with Gasteiger partial charge in [-0.25, -0.2) is 0 Å². The van der Waals surface area contributed by atoms with E-state index in [9.17, 15) is 4.79 Å². The molecule has 0 aromatic rings. The van der Waals surface area contributed by atoms with Crippen LogP contribution in [0.3, 0.4) is 0 Å². The third kappa shape index (κ3) is 3.76. The van der Waals surface area contributed by atoms with Gasteiger partial charge in [0.05, 0.1) is 0 Å². The summed E-state index contributed by atoms with van der Waals surface area (Å²) >= 11 is 0. The number of rotatable bonds is 2. The molecule has 0 fully saturated rings. The van der Waals surface area contributed by atoms with E-state index in [0.29, 0.717) is 5.76 Å². The first kappa shape index (κ1) is 8.21. The van der Waals surface area contributed by atoms with E-state index in [2.05, 4.69) is 11.3 Å². The molecule has 9 heavy (non-hydrogen) atoms. The van der Waals surface area contributed by atoms with Gasteiger partial charge in [0.1, 0.15) is 5.76 Å². The molecule has 0 radical (unpaired) electrons. The molecule has 0 aliphatic heterocycles. The highest BCUT2D eigenvalue weighted by Crippen LogP contribution is 2.07. The topological polar surface area (TPSA) is 26.3 Å². The van der Waals surface area contributed by atoms with Gasteiger partial charge in [-0.3, -0.25) is 4.79 Å². The maximum absolute atomic E-state index is 10.3. The molecule has 0 aromatic carbocycles. The second kappa shape index (κ2) is 3.28. The largest absolute Gasteiger partial charge is 0.432 e. The van der Waals surface area contributed by atoms with Crippen LogP contribution in [0.2, 0.25) is 0 Å². The summed E-state index contributed by atoms with van der Waals surface area (Å²) in [4.78, 5) is 10.3. The molecule has 0 atom stereocenters. The van der Waals surface area contributed by atoms with Gasteiger partial charge in [-0.1, -0.05) is 20.4 Å². The van der Waals surface area contributed by atoms with Crippen molar-refractivity contribution in [2.45, 2.75) is 20.8 Å². The molecule has 0 saturated heterocycles. The molecular formula is C7H12O2. The molecule has 0 aliphatic carbocycles. The molecule has 0 rings (SSSR count). The average Bonchev–Trinajstić information content (AvgIpc) is 1.63. The fourth-order valence-corrected chi connectivity index (χ4v) is 0.302. The van der Waals surface area contributed by atoms with Crippen LogP contribution in [0.4, 0.5) is 0 Å². The van der Waals surface area contributed by atoms with Gasteiger partial charge in [0.25, 0.3) is 0 Å². The lowest BCUT2D eigenvalue weighted by molar-refractivity contribution is -0.137. The third-order valence-electron chi connectivity index (χ3n) is 0.919. The number of carbonyl (C=O) groups excluding carboxylic acids is 1. The van der Waals surface area contributed by atoms with Crippen LogP contribution in [-0.4, -0.2) is 5.97 Å². The summed E-state index contributed by atoms with van der Waals surface area (Å²) in [5.74, 6) is 0.449. The Balaban J connectivity index is 3.64. The number of hydrogen-bond acceptors (Lipinski definition) is 2. The summed E-state index contributed by atoms with van der Waals surface area (Å²) in [6, 6.07) is 0. The van der Waals surface area contributed by atoms with Crippen LogP contribution in [0.15, 0.2) is 12.3 Å². The van der Waals surface area contributed by atoms with Crippen molar-refractivity contribution in [3.8, 4) is 0 Å². The van der Waals surface area contributed by atoms with Crippen molar-refractivity contribution in [2.24, 2.45) is 5.92 Å². The van der Waals surface area contributed by atoms with Crippen LogP contribution in [0.1, 0.15) is 20.8 Å². The van der Waals surface area contributed by atoms with Crippen LogP contribution in [0.25, 0.3) is 0 Å². The number of carbonyl (C=O) groups is 1. The monoisotopic (exact) mass is 128 g/mol. The Hall–Kier alpha value is -0.790. The predicted octanol–water partition coefficient (Wildman–Crippen LogP) is 1.72. The smallest absolute Gasteiger partial charge is 0.307 e. The van der Waals surface area contributed by atoms with Crippen LogP contribution >= 0.6 is 0 Å². The van der Waals surface area contributed by atoms with E-state index in [1.54, 1.807) is 0 Å². The maximum Gasteiger partial charge on any atom is 0.307 e. The Labute approximate surface area is 55.5 Å². The van der Waals surface area contributed by atoms with Crippen molar-refractivity contribution in [3.05, 3.63) is 12.3 Å². The van der Waals surface area contributed by atoms with Gasteiger partial charge in [0, 0.05) is 12.8 Å². The summed E-state index contributed by atoms with van der Waals surface area (Å²) in [6.07, 6.45) is 0. The predicted molar refractivity (Wildman–Crippen MR) is 35.7 cm³/mol. The van der Waals surface area contributed by atoms with Crippen molar-refractivity contribution in [2.75, 3.05) is 0 Å². The van der Waals surface area contributed by atoms with Crippen molar-refractivity contribution >= 4 is 5.97 Å². The van der Waals surface area contributed by atoms with Crippen LogP contribution in [0, 0.1) is 5.92 Å². The molecule has 0 saturated carbocycles. The summed E-state index contributed by atoms with van der Waals surface area (Å²) in [5.41, 5.74) is 0. The third-order valence-corrected chi connectivity index (χ3v) is 0.919. The molecule has 2 heteroatoms. The Kier molecular flexibility index (Phi) is 2.99. The molecule has 0 bridgehead atoms. The molecule has 0 N–H and O–H groups in total. The Morgan fingerprint density at radius 3 is 2.11 bits per heavy atom. The van der Waals surface area contributed by atoms with Gasteiger partial charge < -0.3 is 4.74 Å². The zero-order valence-corrected chi connectivity index (χ0v) is 6.10. The molecule has 0 spiro atoms. The lowest BCUT2D eigenvalue weighted by atomic mass is 10.2. The minimum atomic E-state index is -0.298. The first-order chi connectivity index (χ1) is 4.04. The summed E-state index contributed by atoms with van der Waals surface area (Å²) < 4.78 is 4.68. The van der Waals surface area contributed by atoms with Crippen molar-refractivity contribution in [1.82, 2.24) is 0 Å². The SMILES string of the molecule is C=C(OC(C)=O)C(C)C. The average molecular weight is 128 g/mol. The molecule has 0 amide bonds. The van der Waals surface area contributed by atoms with Crippen molar-refractivity contribution in [3.63, 3.8) is 0 Å². The maximum atomic E-state index is 10.3. The van der Waals surface area contributed by atoms with E-state index in [0.717, 1.165) is 0 Å². The second-order valence-electron chi connectivity index (χ2n) is 2.21. The Morgan fingerprint density at radius 2 is 2.00 bits per heavy atom. The van der Waals surface area contributed by atoms with Crippen molar-refractivity contribution < 1.29 is 9.53 Å². The van der Waals surface area contributed by atoms with E-state index < -0.39 is 0 Å². The highest BCUT2D eigenvalue weighted by molar-refractivity contribution is 5.67. The molecule has 2 nitrogen and oxygen atoms in total. The number of esters is 1. The van der Waals surface area contributed by atoms with Gasteiger partial charge in [-0.05, 0) is 0 Å². The van der Waals surface area contributed by atoms with E-state index in [-0.39, 0.29) is 11.9 Å². The zero-order valence-electron chi connectivity index (χ0n) is 6.10. The van der Waals surface area contributed by atoms with Crippen LogP contribution < -0.4 is 0 Å². The fraction of sp³-hybridized carbons (Fsp3) is 0.571. The normalized spacial score (nSPS) is 9.33. The van der Waals surface area contributed by atoms with E-state index in [1.807, 2.05) is 13.8 Å². The zero-order chi connectivity index (χ0) is 7.44. The minimum Gasteiger partial charge on any atom is -0.432 e. The number of ether oxygens (including phenoxy) is 1. The summed E-state index contributed by atoms with van der Waals surface area (Å²) in [7, 11) is 0. The van der Waals surface area contributed by atoms with Gasteiger partial charge in [0.2, 0.25) is 0 Å². The highest BCUT2D eigenvalue weighted by atomic mass is 16.5.